The average Bonchev–Trinajstić information content (AvgIpc) is 2.52. The van der Waals surface area contributed by atoms with Crippen molar-refractivity contribution in [1.29, 1.82) is 0 Å². The monoisotopic (exact) mass is 344 g/mol. The number of halogens is 1. The van der Waals surface area contributed by atoms with Crippen LogP contribution in [0.2, 0.25) is 0 Å². The summed E-state index contributed by atoms with van der Waals surface area (Å²) >= 11 is 0. The van der Waals surface area contributed by atoms with Crippen molar-refractivity contribution in [3.8, 4) is 0 Å². The Morgan fingerprint density at radius 1 is 1.09 bits per heavy atom. The molecule has 0 atom stereocenters. The van der Waals surface area contributed by atoms with Crippen molar-refractivity contribution in [3.05, 3.63) is 29.1 Å². The van der Waals surface area contributed by atoms with Crippen molar-refractivity contribution < 1.29 is 19.1 Å². The second-order valence-electron chi connectivity index (χ2n) is 4.72. The second-order valence-corrected chi connectivity index (χ2v) is 4.72. The molecule has 1 aromatic rings. The summed E-state index contributed by atoms with van der Waals surface area (Å²) in [6.45, 7) is 0.778. The third-order valence-corrected chi connectivity index (χ3v) is 2.75. The van der Waals surface area contributed by atoms with Gasteiger partial charge in [0.1, 0.15) is 18.0 Å². The summed E-state index contributed by atoms with van der Waals surface area (Å²) in [5.74, 6) is -1.60. The lowest BCUT2D eigenvalue weighted by Gasteiger charge is -2.11. The number of hydrogen-bond acceptors (Lipinski definition) is 6. The summed E-state index contributed by atoms with van der Waals surface area (Å²) in [6.07, 6.45) is 0. The topological polar surface area (TPSA) is 101 Å². The quantitative estimate of drug-likeness (QED) is 0.701. The first-order chi connectivity index (χ1) is 10.4. The van der Waals surface area contributed by atoms with Gasteiger partial charge < -0.3 is 20.3 Å². The molecule has 0 aromatic carbocycles. The van der Waals surface area contributed by atoms with Gasteiger partial charge in [-0.25, -0.2) is 9.78 Å². The van der Waals surface area contributed by atoms with E-state index in [4.69, 9.17) is 4.74 Å². The number of carbonyl (C=O) groups excluding carboxylic acids is 3. The maximum absolute atomic E-state index is 12.0. The van der Waals surface area contributed by atoms with E-state index in [-0.39, 0.29) is 36.0 Å². The fourth-order valence-electron chi connectivity index (χ4n) is 1.54. The van der Waals surface area contributed by atoms with Gasteiger partial charge in [0.05, 0.1) is 5.56 Å². The van der Waals surface area contributed by atoms with Crippen LogP contribution in [-0.2, 0) is 4.74 Å². The van der Waals surface area contributed by atoms with E-state index in [2.05, 4.69) is 15.6 Å². The first-order valence-corrected chi connectivity index (χ1v) is 6.67. The largest absolute Gasteiger partial charge is 0.461 e. The highest BCUT2D eigenvalue weighted by atomic mass is 35.5. The van der Waals surface area contributed by atoms with Gasteiger partial charge in [0.15, 0.2) is 0 Å². The molecular weight excluding hydrogens is 324 g/mol. The number of aromatic nitrogens is 1. The maximum atomic E-state index is 12.0. The summed E-state index contributed by atoms with van der Waals surface area (Å²) in [5.41, 5.74) is 0.0530. The second kappa shape index (κ2) is 9.75. The molecule has 1 rings (SSSR count). The highest BCUT2D eigenvalue weighted by Crippen LogP contribution is 2.09. The highest BCUT2D eigenvalue weighted by Gasteiger charge is 2.17. The van der Waals surface area contributed by atoms with Crippen molar-refractivity contribution in [3.63, 3.8) is 0 Å². The van der Waals surface area contributed by atoms with Gasteiger partial charge >= 0.3 is 5.97 Å². The molecule has 2 amide bonds. The Kier molecular flexibility index (Phi) is 8.82. The predicted molar refractivity (Wildman–Crippen MR) is 87.1 cm³/mol. The zero-order chi connectivity index (χ0) is 16.7. The van der Waals surface area contributed by atoms with E-state index in [1.807, 2.05) is 19.0 Å². The number of ether oxygens (including phenoxy) is 1. The van der Waals surface area contributed by atoms with Crippen molar-refractivity contribution in [2.45, 2.75) is 0 Å². The van der Waals surface area contributed by atoms with E-state index >= 15 is 0 Å². The van der Waals surface area contributed by atoms with Crippen LogP contribution >= 0.6 is 12.4 Å². The molecule has 2 N–H and O–H groups in total. The van der Waals surface area contributed by atoms with E-state index in [0.717, 1.165) is 0 Å². The van der Waals surface area contributed by atoms with E-state index in [9.17, 15) is 14.4 Å². The van der Waals surface area contributed by atoms with Gasteiger partial charge in [-0.2, -0.15) is 0 Å². The van der Waals surface area contributed by atoms with Crippen molar-refractivity contribution in [2.24, 2.45) is 0 Å². The van der Waals surface area contributed by atoms with Crippen LogP contribution in [0.1, 0.15) is 31.3 Å². The fraction of sp³-hybridized carbons (Fsp3) is 0.429. The molecule has 0 spiro atoms. The summed E-state index contributed by atoms with van der Waals surface area (Å²) in [7, 11) is 6.58. The third-order valence-electron chi connectivity index (χ3n) is 2.75. The minimum Gasteiger partial charge on any atom is -0.461 e. The van der Waals surface area contributed by atoms with Crippen molar-refractivity contribution >= 4 is 30.2 Å². The van der Waals surface area contributed by atoms with Gasteiger partial charge in [-0.05, 0) is 26.2 Å². The first-order valence-electron chi connectivity index (χ1n) is 6.67. The standard InChI is InChI=1S/C14H20N4O4.ClH/c1-15-12(19)10-7-9(8-11(17-10)13(20)16-2)14(21)22-6-5-18(3)4;/h7-8H,5-6H2,1-4H3,(H,15,19)(H,16,20);1H. The zero-order valence-electron chi connectivity index (χ0n) is 13.5. The number of rotatable bonds is 6. The smallest absolute Gasteiger partial charge is 0.338 e. The molecule has 0 bridgehead atoms. The van der Waals surface area contributed by atoms with Crippen LogP contribution in [0.5, 0.6) is 0 Å². The molecule has 8 nitrogen and oxygen atoms in total. The Morgan fingerprint density at radius 2 is 1.57 bits per heavy atom. The summed E-state index contributed by atoms with van der Waals surface area (Å²) in [6, 6.07) is 2.59. The average molecular weight is 345 g/mol. The van der Waals surface area contributed by atoms with Crippen LogP contribution < -0.4 is 10.6 Å². The number of pyridine rings is 1. The fourth-order valence-corrected chi connectivity index (χ4v) is 1.54. The van der Waals surface area contributed by atoms with Crippen LogP contribution in [-0.4, -0.2) is 69.0 Å². The lowest BCUT2D eigenvalue weighted by Crippen LogP contribution is -2.25. The molecule has 0 aliphatic rings. The summed E-state index contributed by atoms with van der Waals surface area (Å²) in [5, 5.41) is 4.80. The van der Waals surface area contributed by atoms with E-state index < -0.39 is 17.8 Å². The SMILES string of the molecule is CNC(=O)c1cc(C(=O)OCCN(C)C)cc(C(=O)NC)n1.Cl. The van der Waals surface area contributed by atoms with Crippen molar-refractivity contribution in [1.82, 2.24) is 20.5 Å². The number of amides is 2. The molecule has 0 unspecified atom stereocenters. The maximum Gasteiger partial charge on any atom is 0.338 e. The Labute approximate surface area is 141 Å². The Balaban J connectivity index is 0.00000484. The molecule has 23 heavy (non-hydrogen) atoms. The molecule has 1 aromatic heterocycles. The molecular formula is C14H21ClN4O4. The Bertz CT molecular complexity index is 544. The Hall–Kier alpha value is -2.19. The molecule has 0 aliphatic carbocycles. The van der Waals surface area contributed by atoms with Crippen LogP contribution in [0.4, 0.5) is 0 Å². The summed E-state index contributed by atoms with van der Waals surface area (Å²) in [4.78, 5) is 41.2. The van der Waals surface area contributed by atoms with Gasteiger partial charge in [0, 0.05) is 20.6 Å². The molecule has 128 valence electrons. The number of nitrogens with zero attached hydrogens (tertiary/aromatic N) is 2. The number of esters is 1. The zero-order valence-corrected chi connectivity index (χ0v) is 14.3. The van der Waals surface area contributed by atoms with E-state index in [1.165, 1.54) is 26.2 Å². The number of hydrogen-bond donors (Lipinski definition) is 2. The predicted octanol–water partition coefficient (Wildman–Crippen LogP) is -0.0590. The van der Waals surface area contributed by atoms with Crippen LogP contribution in [0.25, 0.3) is 0 Å². The summed E-state index contributed by atoms with van der Waals surface area (Å²) < 4.78 is 5.10. The molecule has 0 radical (unpaired) electrons. The number of nitrogens with one attached hydrogen (secondary N) is 2. The highest BCUT2D eigenvalue weighted by molar-refractivity contribution is 6.00. The molecule has 0 saturated heterocycles. The molecule has 0 fully saturated rings. The van der Waals surface area contributed by atoms with Crippen LogP contribution in [0, 0.1) is 0 Å². The lowest BCUT2D eigenvalue weighted by molar-refractivity contribution is 0.0481. The molecule has 9 heteroatoms. The van der Waals surface area contributed by atoms with Gasteiger partial charge in [-0.3, -0.25) is 9.59 Å². The van der Waals surface area contributed by atoms with Crippen LogP contribution in [0.3, 0.4) is 0 Å². The van der Waals surface area contributed by atoms with Gasteiger partial charge in [-0.15, -0.1) is 12.4 Å². The van der Waals surface area contributed by atoms with Crippen LogP contribution in [0.15, 0.2) is 12.1 Å². The van der Waals surface area contributed by atoms with Gasteiger partial charge in [0.2, 0.25) is 0 Å². The van der Waals surface area contributed by atoms with Crippen molar-refractivity contribution in [2.75, 3.05) is 41.3 Å². The first kappa shape index (κ1) is 20.8. The lowest BCUT2D eigenvalue weighted by atomic mass is 10.1. The number of carbonyl (C=O) groups is 3. The number of likely N-dealkylation sites (N-methyl/N-ethyl adjacent to an activating group) is 1. The Morgan fingerprint density at radius 3 is 1.96 bits per heavy atom. The van der Waals surface area contributed by atoms with E-state index in [1.54, 1.807) is 0 Å². The minimum atomic E-state index is -0.612. The molecule has 0 saturated carbocycles. The normalized spacial score (nSPS) is 9.78. The van der Waals surface area contributed by atoms with Gasteiger partial charge in [0.25, 0.3) is 11.8 Å². The minimum absolute atomic E-state index is 0. The molecule has 1 heterocycles. The third kappa shape index (κ3) is 6.21. The van der Waals surface area contributed by atoms with Gasteiger partial charge in [-0.1, -0.05) is 0 Å². The van der Waals surface area contributed by atoms with E-state index in [0.29, 0.717) is 6.54 Å². The molecule has 0 aliphatic heterocycles.